The fourth-order valence-electron chi connectivity index (χ4n) is 2.24. The Hall–Kier alpha value is -1.39. The van der Waals surface area contributed by atoms with Gasteiger partial charge in [-0.05, 0) is 53.9 Å². The van der Waals surface area contributed by atoms with Crippen LogP contribution in [0.4, 0.5) is 5.82 Å². The third-order valence-corrected chi connectivity index (χ3v) is 4.46. The Bertz CT molecular complexity index is 689. The minimum absolute atomic E-state index is 0. The third-order valence-electron chi connectivity index (χ3n) is 3.78. The van der Waals surface area contributed by atoms with E-state index in [1.165, 1.54) is 0 Å². The highest BCUT2D eigenvalue weighted by atomic mass is 127. The number of pyridine rings is 1. The van der Waals surface area contributed by atoms with Gasteiger partial charge < -0.3 is 20.6 Å². The van der Waals surface area contributed by atoms with Crippen molar-refractivity contribution < 1.29 is 5.11 Å². The molecule has 2 aromatic heterocycles. The Morgan fingerprint density at radius 3 is 2.73 bits per heavy atom. The van der Waals surface area contributed by atoms with Crippen LogP contribution in [0.3, 0.4) is 0 Å². The fourth-order valence-corrected chi connectivity index (χ4v) is 3.03. The van der Waals surface area contributed by atoms with Gasteiger partial charge in [0.2, 0.25) is 0 Å². The minimum atomic E-state index is -0.940. The molecule has 8 heteroatoms. The summed E-state index contributed by atoms with van der Waals surface area (Å²) in [6.07, 6.45) is 1.79. The first-order valence-corrected chi connectivity index (χ1v) is 9.26. The Balaban J connectivity index is 0.00000338. The van der Waals surface area contributed by atoms with E-state index in [-0.39, 0.29) is 24.0 Å². The van der Waals surface area contributed by atoms with E-state index in [9.17, 15) is 5.11 Å². The molecule has 2 rings (SSSR count). The predicted octanol–water partition coefficient (Wildman–Crippen LogP) is 2.79. The monoisotopic (exact) mass is 489 g/mol. The number of halogens is 1. The lowest BCUT2D eigenvalue weighted by Crippen LogP contribution is -2.44. The molecule has 0 bridgehead atoms. The average molecular weight is 489 g/mol. The zero-order valence-corrected chi connectivity index (χ0v) is 18.8. The van der Waals surface area contributed by atoms with Gasteiger partial charge >= 0.3 is 0 Å². The first-order valence-electron chi connectivity index (χ1n) is 8.32. The summed E-state index contributed by atoms with van der Waals surface area (Å²) in [5.74, 6) is 1.59. The SMILES string of the molecule is CCNC(=NCc1ccnc(N(C)C)c1)NCC(C)(O)c1ccsc1.I. The van der Waals surface area contributed by atoms with Crippen LogP contribution in [0.5, 0.6) is 0 Å². The molecule has 0 aromatic carbocycles. The van der Waals surface area contributed by atoms with Gasteiger partial charge in [-0.2, -0.15) is 11.3 Å². The number of hydrogen-bond donors (Lipinski definition) is 3. The number of nitrogens with zero attached hydrogens (tertiary/aromatic N) is 3. The highest BCUT2D eigenvalue weighted by molar-refractivity contribution is 14.0. The topological polar surface area (TPSA) is 72.8 Å². The van der Waals surface area contributed by atoms with Crippen LogP contribution in [0.25, 0.3) is 0 Å². The molecule has 0 fully saturated rings. The third kappa shape index (κ3) is 6.73. The molecule has 2 heterocycles. The summed E-state index contributed by atoms with van der Waals surface area (Å²) in [5, 5.41) is 21.0. The van der Waals surface area contributed by atoms with E-state index >= 15 is 0 Å². The molecule has 1 atom stereocenters. The molecule has 3 N–H and O–H groups in total. The van der Waals surface area contributed by atoms with Crippen LogP contribution in [0.1, 0.15) is 25.0 Å². The Kier molecular flexibility index (Phi) is 9.31. The van der Waals surface area contributed by atoms with E-state index in [1.54, 1.807) is 24.5 Å². The van der Waals surface area contributed by atoms with Crippen LogP contribution >= 0.6 is 35.3 Å². The predicted molar refractivity (Wildman–Crippen MR) is 121 cm³/mol. The Labute approximate surface area is 176 Å². The lowest BCUT2D eigenvalue weighted by atomic mass is 9.99. The summed E-state index contributed by atoms with van der Waals surface area (Å²) in [7, 11) is 3.93. The number of thiophene rings is 1. The molecule has 0 spiro atoms. The van der Waals surface area contributed by atoms with Crippen molar-refractivity contribution in [3.63, 3.8) is 0 Å². The fraction of sp³-hybridized carbons (Fsp3) is 0.444. The van der Waals surface area contributed by atoms with Crippen LogP contribution in [0.15, 0.2) is 40.1 Å². The standard InChI is InChI=1S/C18H27N5OS.HI/c1-5-19-17(22-13-18(2,24)15-7-9-25-12-15)21-11-14-6-8-20-16(10-14)23(3)4;/h6-10,12,24H,5,11,13H2,1-4H3,(H2,19,21,22);1H. The van der Waals surface area contributed by atoms with Gasteiger partial charge in [-0.15, -0.1) is 24.0 Å². The van der Waals surface area contributed by atoms with Crippen molar-refractivity contribution in [1.82, 2.24) is 15.6 Å². The highest BCUT2D eigenvalue weighted by Crippen LogP contribution is 2.21. The summed E-state index contributed by atoms with van der Waals surface area (Å²) in [6, 6.07) is 5.92. The first kappa shape index (κ1) is 22.7. The highest BCUT2D eigenvalue weighted by Gasteiger charge is 2.23. The molecule has 0 saturated carbocycles. The number of anilines is 1. The second-order valence-corrected chi connectivity index (χ2v) is 7.03. The molecule has 2 aromatic rings. The van der Waals surface area contributed by atoms with Gasteiger partial charge in [0.1, 0.15) is 11.4 Å². The Morgan fingerprint density at radius 1 is 1.35 bits per heavy atom. The van der Waals surface area contributed by atoms with E-state index < -0.39 is 5.60 Å². The van der Waals surface area contributed by atoms with Crippen molar-refractivity contribution in [3.05, 3.63) is 46.3 Å². The van der Waals surface area contributed by atoms with Gasteiger partial charge in [-0.1, -0.05) is 0 Å². The van der Waals surface area contributed by atoms with Gasteiger partial charge in [0.05, 0.1) is 13.1 Å². The van der Waals surface area contributed by atoms with Gasteiger partial charge in [0.15, 0.2) is 5.96 Å². The van der Waals surface area contributed by atoms with E-state index in [0.717, 1.165) is 23.5 Å². The summed E-state index contributed by atoms with van der Waals surface area (Å²) >= 11 is 1.58. The largest absolute Gasteiger partial charge is 0.384 e. The lowest BCUT2D eigenvalue weighted by Gasteiger charge is -2.24. The summed E-state index contributed by atoms with van der Waals surface area (Å²) in [5.41, 5.74) is 1.05. The van der Waals surface area contributed by atoms with E-state index in [1.807, 2.05) is 54.9 Å². The maximum Gasteiger partial charge on any atom is 0.191 e. The summed E-state index contributed by atoms with van der Waals surface area (Å²) < 4.78 is 0. The van der Waals surface area contributed by atoms with Crippen molar-refractivity contribution >= 4 is 47.1 Å². The van der Waals surface area contributed by atoms with E-state index in [0.29, 0.717) is 19.0 Å². The van der Waals surface area contributed by atoms with Crippen LogP contribution in [-0.2, 0) is 12.1 Å². The first-order chi connectivity index (χ1) is 11.9. The molecule has 0 amide bonds. The zero-order valence-electron chi connectivity index (χ0n) is 15.7. The quantitative estimate of drug-likeness (QED) is 0.317. The number of hydrogen-bond acceptors (Lipinski definition) is 5. The summed E-state index contributed by atoms with van der Waals surface area (Å²) in [4.78, 5) is 10.9. The average Bonchev–Trinajstić information content (AvgIpc) is 3.13. The van der Waals surface area contributed by atoms with E-state index in [4.69, 9.17) is 0 Å². The van der Waals surface area contributed by atoms with Crippen molar-refractivity contribution in [2.45, 2.75) is 26.0 Å². The number of aliphatic hydroxyl groups is 1. The molecule has 0 radical (unpaired) electrons. The van der Waals surface area contributed by atoms with E-state index in [2.05, 4.69) is 20.6 Å². The van der Waals surface area contributed by atoms with Crippen LogP contribution in [0, 0.1) is 0 Å². The van der Waals surface area contributed by atoms with Gasteiger partial charge in [0.25, 0.3) is 0 Å². The van der Waals surface area contributed by atoms with Gasteiger partial charge in [-0.25, -0.2) is 9.98 Å². The number of nitrogens with one attached hydrogen (secondary N) is 2. The number of rotatable bonds is 7. The van der Waals surface area contributed by atoms with Crippen LogP contribution < -0.4 is 15.5 Å². The van der Waals surface area contributed by atoms with Gasteiger partial charge in [0, 0.05) is 26.8 Å². The van der Waals surface area contributed by atoms with Crippen molar-refractivity contribution in [2.75, 3.05) is 32.1 Å². The number of aromatic nitrogens is 1. The zero-order chi connectivity index (χ0) is 18.3. The second-order valence-electron chi connectivity index (χ2n) is 6.25. The smallest absolute Gasteiger partial charge is 0.191 e. The van der Waals surface area contributed by atoms with Gasteiger partial charge in [-0.3, -0.25) is 0 Å². The normalized spacial score (nSPS) is 13.5. The molecular weight excluding hydrogens is 461 g/mol. The molecule has 0 aliphatic heterocycles. The van der Waals surface area contributed by atoms with Crippen LogP contribution in [0.2, 0.25) is 0 Å². The van der Waals surface area contributed by atoms with Crippen LogP contribution in [-0.4, -0.2) is 43.2 Å². The lowest BCUT2D eigenvalue weighted by molar-refractivity contribution is 0.0621. The maximum atomic E-state index is 10.6. The van der Waals surface area contributed by atoms with Crippen molar-refractivity contribution in [3.8, 4) is 0 Å². The Morgan fingerprint density at radius 2 is 2.12 bits per heavy atom. The molecule has 0 aliphatic carbocycles. The molecule has 1 unspecified atom stereocenters. The molecule has 144 valence electrons. The number of aliphatic imine (C=N–C) groups is 1. The van der Waals surface area contributed by atoms with Crippen molar-refractivity contribution in [1.29, 1.82) is 0 Å². The molecule has 0 aliphatic rings. The second kappa shape index (κ2) is 10.7. The molecule has 0 saturated heterocycles. The summed E-state index contributed by atoms with van der Waals surface area (Å²) in [6.45, 7) is 5.50. The molecule has 6 nitrogen and oxygen atoms in total. The molecular formula is C18H28IN5OS. The molecule has 26 heavy (non-hydrogen) atoms. The van der Waals surface area contributed by atoms with Crippen molar-refractivity contribution in [2.24, 2.45) is 4.99 Å². The number of guanidine groups is 1. The minimum Gasteiger partial charge on any atom is -0.384 e. The maximum absolute atomic E-state index is 10.6.